The van der Waals surface area contributed by atoms with Crippen molar-refractivity contribution in [2.24, 2.45) is 7.05 Å². The number of nitrogens with zero attached hydrogens (tertiary/aromatic N) is 3. The zero-order valence-corrected chi connectivity index (χ0v) is 16.0. The largest absolute Gasteiger partial charge is 0.379 e. The Morgan fingerprint density at radius 1 is 1.27 bits per heavy atom. The van der Waals surface area contributed by atoms with Crippen LogP contribution in [0.5, 0.6) is 0 Å². The van der Waals surface area contributed by atoms with Crippen LogP contribution in [0.1, 0.15) is 22.3 Å². The number of ether oxygens (including phenoxy) is 1. The summed E-state index contributed by atoms with van der Waals surface area (Å²) in [6, 6.07) is 7.81. The van der Waals surface area contributed by atoms with Crippen molar-refractivity contribution in [1.82, 2.24) is 19.8 Å². The van der Waals surface area contributed by atoms with Crippen LogP contribution < -0.4 is 5.32 Å². The predicted octanol–water partition coefficient (Wildman–Crippen LogP) is 2.16. The number of thioether (sulfide) groups is 1. The Labute approximate surface area is 158 Å². The fourth-order valence-corrected chi connectivity index (χ4v) is 3.71. The minimum absolute atomic E-state index is 0.00437. The van der Waals surface area contributed by atoms with Crippen LogP contribution in [0.2, 0.25) is 0 Å². The molecule has 1 aromatic carbocycles. The van der Waals surface area contributed by atoms with E-state index in [2.05, 4.69) is 15.2 Å². The second kappa shape index (κ2) is 9.75. The highest BCUT2D eigenvalue weighted by Gasteiger charge is 2.10. The number of aromatic nitrogens is 2. The van der Waals surface area contributed by atoms with E-state index in [4.69, 9.17) is 4.74 Å². The Balaban J connectivity index is 1.38. The van der Waals surface area contributed by atoms with E-state index in [0.29, 0.717) is 12.1 Å². The van der Waals surface area contributed by atoms with Crippen LogP contribution in [0.4, 0.5) is 0 Å². The number of hydrogen-bond donors (Lipinski definition) is 1. The summed E-state index contributed by atoms with van der Waals surface area (Å²) in [5, 5.41) is 4.00. The molecular formula is C19H26N4O2S. The van der Waals surface area contributed by atoms with Gasteiger partial charge in [0.2, 0.25) is 0 Å². The van der Waals surface area contributed by atoms with Gasteiger partial charge >= 0.3 is 0 Å². The molecule has 1 fully saturated rings. The van der Waals surface area contributed by atoms with E-state index in [1.807, 2.05) is 42.1 Å². The van der Waals surface area contributed by atoms with Crippen molar-refractivity contribution in [2.45, 2.75) is 17.3 Å². The smallest absolute Gasteiger partial charge is 0.251 e. The topological polar surface area (TPSA) is 59.4 Å². The fraction of sp³-hybridized carbons (Fsp3) is 0.474. The molecule has 26 heavy (non-hydrogen) atoms. The minimum Gasteiger partial charge on any atom is -0.379 e. The molecule has 140 valence electrons. The number of carbonyl (C=O) groups excluding carboxylic acids is 1. The van der Waals surface area contributed by atoms with E-state index in [1.54, 1.807) is 18.0 Å². The zero-order chi connectivity index (χ0) is 18.2. The van der Waals surface area contributed by atoms with Crippen LogP contribution in [0.15, 0.2) is 41.8 Å². The Hall–Kier alpha value is -1.83. The normalized spacial score (nSPS) is 15.1. The molecule has 2 heterocycles. The van der Waals surface area contributed by atoms with Gasteiger partial charge in [-0.3, -0.25) is 9.69 Å². The van der Waals surface area contributed by atoms with Gasteiger partial charge in [-0.1, -0.05) is 23.9 Å². The molecular weight excluding hydrogens is 348 g/mol. The number of morpholine rings is 1. The number of nitrogens with one attached hydrogen (secondary N) is 1. The van der Waals surface area contributed by atoms with E-state index in [1.165, 1.54) is 5.56 Å². The second-order valence-corrected chi connectivity index (χ2v) is 7.31. The quantitative estimate of drug-likeness (QED) is 0.567. The summed E-state index contributed by atoms with van der Waals surface area (Å²) in [6.07, 6.45) is 4.70. The molecule has 0 spiro atoms. The summed E-state index contributed by atoms with van der Waals surface area (Å²) in [5.74, 6) is 0.835. The lowest BCUT2D eigenvalue weighted by Gasteiger charge is -2.26. The van der Waals surface area contributed by atoms with Crippen LogP contribution in [0.25, 0.3) is 0 Å². The SMILES string of the molecule is Cn1ccnc1SCc1ccc(C(=O)NCCCN2CCOCC2)cc1. The number of hydrogen-bond acceptors (Lipinski definition) is 5. The molecule has 3 rings (SSSR count). The van der Waals surface area contributed by atoms with E-state index in [9.17, 15) is 4.79 Å². The monoisotopic (exact) mass is 374 g/mol. The average Bonchev–Trinajstić information content (AvgIpc) is 3.09. The maximum absolute atomic E-state index is 12.2. The van der Waals surface area contributed by atoms with Crippen molar-refractivity contribution in [3.63, 3.8) is 0 Å². The van der Waals surface area contributed by atoms with Gasteiger partial charge in [0.25, 0.3) is 5.91 Å². The Morgan fingerprint density at radius 3 is 2.73 bits per heavy atom. The molecule has 1 aliphatic rings. The van der Waals surface area contributed by atoms with Crippen LogP contribution >= 0.6 is 11.8 Å². The van der Waals surface area contributed by atoms with Crippen molar-refractivity contribution in [1.29, 1.82) is 0 Å². The molecule has 7 heteroatoms. The number of imidazole rings is 1. The minimum atomic E-state index is -0.00437. The molecule has 0 unspecified atom stereocenters. The Bertz CT molecular complexity index is 696. The van der Waals surface area contributed by atoms with Crippen molar-refractivity contribution in [3.05, 3.63) is 47.8 Å². The highest BCUT2D eigenvalue weighted by Crippen LogP contribution is 2.20. The zero-order valence-electron chi connectivity index (χ0n) is 15.2. The molecule has 6 nitrogen and oxygen atoms in total. The van der Waals surface area contributed by atoms with Crippen LogP contribution in [-0.2, 0) is 17.5 Å². The third kappa shape index (κ3) is 5.59. The van der Waals surface area contributed by atoms with Gasteiger partial charge in [-0.05, 0) is 30.7 Å². The summed E-state index contributed by atoms with van der Waals surface area (Å²) in [4.78, 5) is 18.9. The second-order valence-electron chi connectivity index (χ2n) is 6.37. The maximum atomic E-state index is 12.2. The molecule has 1 amide bonds. The third-order valence-electron chi connectivity index (χ3n) is 4.40. The maximum Gasteiger partial charge on any atom is 0.251 e. The molecule has 0 saturated carbocycles. The first-order valence-electron chi connectivity index (χ1n) is 9.00. The number of carbonyl (C=O) groups is 1. The first kappa shape index (κ1) is 18.9. The molecule has 1 saturated heterocycles. The number of aryl methyl sites for hydroxylation is 1. The van der Waals surface area contributed by atoms with Gasteiger partial charge in [0.05, 0.1) is 13.2 Å². The highest BCUT2D eigenvalue weighted by atomic mass is 32.2. The van der Waals surface area contributed by atoms with Crippen LogP contribution in [0, 0.1) is 0 Å². The molecule has 0 atom stereocenters. The molecule has 0 aliphatic carbocycles. The van der Waals surface area contributed by atoms with Crippen molar-refractivity contribution >= 4 is 17.7 Å². The Morgan fingerprint density at radius 2 is 2.04 bits per heavy atom. The molecule has 0 bridgehead atoms. The first-order chi connectivity index (χ1) is 12.7. The van der Waals surface area contributed by atoms with E-state index in [-0.39, 0.29) is 5.91 Å². The number of benzene rings is 1. The lowest BCUT2D eigenvalue weighted by Crippen LogP contribution is -2.38. The molecule has 1 aliphatic heterocycles. The van der Waals surface area contributed by atoms with Crippen LogP contribution in [-0.4, -0.2) is 59.8 Å². The van der Waals surface area contributed by atoms with Gasteiger partial charge in [0.1, 0.15) is 0 Å². The van der Waals surface area contributed by atoms with E-state index < -0.39 is 0 Å². The average molecular weight is 375 g/mol. The number of amides is 1. The van der Waals surface area contributed by atoms with E-state index >= 15 is 0 Å². The first-order valence-corrected chi connectivity index (χ1v) is 9.98. The van der Waals surface area contributed by atoms with E-state index in [0.717, 1.165) is 50.2 Å². The molecule has 2 aromatic rings. The lowest BCUT2D eigenvalue weighted by atomic mass is 10.1. The summed E-state index contributed by atoms with van der Waals surface area (Å²) in [7, 11) is 1.99. The van der Waals surface area contributed by atoms with Gasteiger partial charge < -0.3 is 14.6 Å². The summed E-state index contributed by atoms with van der Waals surface area (Å²) >= 11 is 1.69. The number of rotatable bonds is 8. The molecule has 1 aromatic heterocycles. The lowest BCUT2D eigenvalue weighted by molar-refractivity contribution is 0.0374. The standard InChI is InChI=1S/C19H26N4O2S/c1-22-10-8-21-19(22)26-15-16-3-5-17(6-4-16)18(24)20-7-2-9-23-11-13-25-14-12-23/h3-6,8,10H,2,7,9,11-15H2,1H3,(H,20,24). The van der Waals surface area contributed by atoms with Crippen molar-refractivity contribution in [3.8, 4) is 0 Å². The summed E-state index contributed by atoms with van der Waals surface area (Å²) < 4.78 is 7.34. The predicted molar refractivity (Wildman–Crippen MR) is 103 cm³/mol. The van der Waals surface area contributed by atoms with Crippen molar-refractivity contribution in [2.75, 3.05) is 39.4 Å². The molecule has 1 N–H and O–H groups in total. The van der Waals surface area contributed by atoms with Crippen molar-refractivity contribution < 1.29 is 9.53 Å². The van der Waals surface area contributed by atoms with Gasteiger partial charge in [-0.25, -0.2) is 4.98 Å². The van der Waals surface area contributed by atoms with Gasteiger partial charge in [-0.15, -0.1) is 0 Å². The van der Waals surface area contributed by atoms with Crippen LogP contribution in [0.3, 0.4) is 0 Å². The van der Waals surface area contributed by atoms with Gasteiger partial charge in [0, 0.05) is 50.4 Å². The van der Waals surface area contributed by atoms with Gasteiger partial charge in [0.15, 0.2) is 5.16 Å². The fourth-order valence-electron chi connectivity index (χ4n) is 2.82. The Kier molecular flexibility index (Phi) is 7.11. The van der Waals surface area contributed by atoms with Gasteiger partial charge in [-0.2, -0.15) is 0 Å². The third-order valence-corrected chi connectivity index (χ3v) is 5.53. The summed E-state index contributed by atoms with van der Waals surface area (Å²) in [5.41, 5.74) is 1.89. The molecule has 0 radical (unpaired) electrons. The highest BCUT2D eigenvalue weighted by molar-refractivity contribution is 7.98. The summed E-state index contributed by atoms with van der Waals surface area (Å²) in [6.45, 7) is 5.33.